The predicted molar refractivity (Wildman–Crippen MR) is 94.9 cm³/mol. The first-order valence-corrected chi connectivity index (χ1v) is 8.59. The van der Waals surface area contributed by atoms with E-state index < -0.39 is 0 Å². The minimum Gasteiger partial charge on any atom is -0.486 e. The summed E-state index contributed by atoms with van der Waals surface area (Å²) in [4.78, 5) is 20.6. The summed E-state index contributed by atoms with van der Waals surface area (Å²) < 4.78 is 7.74. The van der Waals surface area contributed by atoms with Gasteiger partial charge in [-0.05, 0) is 30.3 Å². The summed E-state index contributed by atoms with van der Waals surface area (Å²) in [7, 11) is 0. The SMILES string of the molecule is O=C(NCCc1ccccn1)c1cc2n(n1)C[C@@H](Oc1cccnc1)C2. The first-order valence-electron chi connectivity index (χ1n) is 8.59. The number of rotatable bonds is 6. The second-order valence-corrected chi connectivity index (χ2v) is 6.16. The highest BCUT2D eigenvalue weighted by molar-refractivity contribution is 5.92. The number of ether oxygens (including phenoxy) is 1. The van der Waals surface area contributed by atoms with Gasteiger partial charge in [0.25, 0.3) is 5.91 Å². The Balaban J connectivity index is 1.29. The summed E-state index contributed by atoms with van der Waals surface area (Å²) in [5.41, 5.74) is 2.41. The summed E-state index contributed by atoms with van der Waals surface area (Å²) in [6.45, 7) is 1.16. The Hall–Kier alpha value is -3.22. The Morgan fingerprint density at radius 3 is 3.00 bits per heavy atom. The number of aromatic nitrogens is 4. The maximum atomic E-state index is 12.3. The van der Waals surface area contributed by atoms with E-state index in [9.17, 15) is 4.79 Å². The Labute approximate surface area is 151 Å². The molecule has 0 unspecified atom stereocenters. The van der Waals surface area contributed by atoms with Crippen molar-refractivity contribution in [2.24, 2.45) is 0 Å². The fourth-order valence-corrected chi connectivity index (χ4v) is 3.01. The van der Waals surface area contributed by atoms with Crippen molar-refractivity contribution in [1.29, 1.82) is 0 Å². The normalized spacial score (nSPS) is 15.5. The van der Waals surface area contributed by atoms with Crippen molar-refractivity contribution in [3.63, 3.8) is 0 Å². The van der Waals surface area contributed by atoms with Crippen molar-refractivity contribution < 1.29 is 9.53 Å². The van der Waals surface area contributed by atoms with Crippen LogP contribution in [0.1, 0.15) is 21.9 Å². The third-order valence-electron chi connectivity index (χ3n) is 4.24. The van der Waals surface area contributed by atoms with Crippen LogP contribution in [0.15, 0.2) is 55.0 Å². The largest absolute Gasteiger partial charge is 0.486 e. The molecule has 0 aromatic carbocycles. The molecule has 0 saturated heterocycles. The average Bonchev–Trinajstić information content (AvgIpc) is 3.22. The van der Waals surface area contributed by atoms with E-state index in [-0.39, 0.29) is 12.0 Å². The number of hydrogen-bond donors (Lipinski definition) is 1. The van der Waals surface area contributed by atoms with Crippen LogP contribution in [0.4, 0.5) is 0 Å². The van der Waals surface area contributed by atoms with E-state index in [0.717, 1.165) is 23.6 Å². The Morgan fingerprint density at radius 1 is 1.27 bits per heavy atom. The van der Waals surface area contributed by atoms with Crippen molar-refractivity contribution in [3.8, 4) is 5.75 Å². The van der Waals surface area contributed by atoms with Crippen LogP contribution in [0.5, 0.6) is 5.75 Å². The number of fused-ring (bicyclic) bond motifs is 1. The van der Waals surface area contributed by atoms with Crippen LogP contribution in [-0.2, 0) is 19.4 Å². The van der Waals surface area contributed by atoms with Crippen molar-refractivity contribution in [2.75, 3.05) is 6.54 Å². The zero-order valence-corrected chi connectivity index (χ0v) is 14.2. The maximum Gasteiger partial charge on any atom is 0.271 e. The first kappa shape index (κ1) is 16.3. The summed E-state index contributed by atoms with van der Waals surface area (Å²) in [5, 5.41) is 7.29. The Morgan fingerprint density at radius 2 is 2.23 bits per heavy atom. The summed E-state index contributed by atoms with van der Waals surface area (Å²) >= 11 is 0. The fraction of sp³-hybridized carbons (Fsp3) is 0.263. The van der Waals surface area contributed by atoms with E-state index in [4.69, 9.17) is 4.74 Å². The lowest BCUT2D eigenvalue weighted by Gasteiger charge is -2.12. The lowest BCUT2D eigenvalue weighted by atomic mass is 10.2. The minimum atomic E-state index is -0.160. The number of carbonyl (C=O) groups is 1. The molecule has 0 saturated carbocycles. The molecule has 7 heteroatoms. The van der Waals surface area contributed by atoms with Gasteiger partial charge < -0.3 is 10.1 Å². The minimum absolute atomic E-state index is 0.0166. The molecule has 1 amide bonds. The van der Waals surface area contributed by atoms with E-state index in [1.54, 1.807) is 18.6 Å². The molecule has 132 valence electrons. The van der Waals surface area contributed by atoms with E-state index in [1.807, 2.05) is 41.1 Å². The van der Waals surface area contributed by atoms with Gasteiger partial charge in [-0.3, -0.25) is 19.4 Å². The van der Waals surface area contributed by atoms with Gasteiger partial charge >= 0.3 is 0 Å². The maximum absolute atomic E-state index is 12.3. The smallest absolute Gasteiger partial charge is 0.271 e. The highest BCUT2D eigenvalue weighted by Crippen LogP contribution is 2.20. The topological polar surface area (TPSA) is 81.9 Å². The first-order chi connectivity index (χ1) is 12.8. The van der Waals surface area contributed by atoms with Crippen molar-refractivity contribution in [2.45, 2.75) is 25.5 Å². The molecule has 1 aliphatic heterocycles. The van der Waals surface area contributed by atoms with Gasteiger partial charge in [0.2, 0.25) is 0 Å². The molecule has 7 nitrogen and oxygen atoms in total. The van der Waals surface area contributed by atoms with Gasteiger partial charge in [-0.25, -0.2) is 0 Å². The van der Waals surface area contributed by atoms with Gasteiger partial charge in [0.1, 0.15) is 17.5 Å². The number of hydrogen-bond acceptors (Lipinski definition) is 5. The van der Waals surface area contributed by atoms with E-state index in [1.165, 1.54) is 0 Å². The number of pyridine rings is 2. The Bertz CT molecular complexity index is 856. The molecule has 3 aromatic rings. The van der Waals surface area contributed by atoms with Crippen LogP contribution < -0.4 is 10.1 Å². The number of nitrogens with one attached hydrogen (secondary N) is 1. The molecular formula is C19H19N5O2. The molecular weight excluding hydrogens is 330 g/mol. The van der Waals surface area contributed by atoms with Crippen LogP contribution in [0.2, 0.25) is 0 Å². The van der Waals surface area contributed by atoms with E-state index in [0.29, 0.717) is 25.2 Å². The predicted octanol–water partition coefficient (Wildman–Crippen LogP) is 1.65. The summed E-state index contributed by atoms with van der Waals surface area (Å²) in [6, 6.07) is 11.3. The second kappa shape index (κ2) is 7.35. The molecule has 0 fully saturated rings. The quantitative estimate of drug-likeness (QED) is 0.732. The van der Waals surface area contributed by atoms with Crippen LogP contribution in [0.25, 0.3) is 0 Å². The summed E-state index contributed by atoms with van der Waals surface area (Å²) in [6.07, 6.45) is 6.60. The molecule has 1 N–H and O–H groups in total. The third kappa shape index (κ3) is 3.72. The van der Waals surface area contributed by atoms with E-state index >= 15 is 0 Å². The summed E-state index contributed by atoms with van der Waals surface area (Å²) in [5.74, 6) is 0.586. The number of amides is 1. The fourth-order valence-electron chi connectivity index (χ4n) is 3.01. The monoisotopic (exact) mass is 349 g/mol. The molecule has 0 aliphatic carbocycles. The molecule has 26 heavy (non-hydrogen) atoms. The average molecular weight is 349 g/mol. The molecule has 0 bridgehead atoms. The Kier molecular flexibility index (Phi) is 4.59. The molecule has 1 atom stereocenters. The van der Waals surface area contributed by atoms with E-state index in [2.05, 4.69) is 20.4 Å². The van der Waals surface area contributed by atoms with Crippen LogP contribution >= 0.6 is 0 Å². The van der Waals surface area contributed by atoms with Crippen molar-refractivity contribution in [3.05, 3.63) is 72.1 Å². The van der Waals surface area contributed by atoms with Crippen molar-refractivity contribution in [1.82, 2.24) is 25.1 Å². The third-order valence-corrected chi connectivity index (χ3v) is 4.24. The van der Waals surface area contributed by atoms with Gasteiger partial charge in [0.05, 0.1) is 12.7 Å². The second-order valence-electron chi connectivity index (χ2n) is 6.16. The molecule has 4 heterocycles. The van der Waals surface area contributed by atoms with Gasteiger partial charge in [-0.15, -0.1) is 0 Å². The number of carbonyl (C=O) groups excluding carboxylic acids is 1. The molecule has 3 aromatic heterocycles. The van der Waals surface area contributed by atoms with Gasteiger partial charge in [0.15, 0.2) is 0 Å². The van der Waals surface area contributed by atoms with Gasteiger partial charge in [-0.2, -0.15) is 5.10 Å². The molecule has 4 rings (SSSR count). The zero-order chi connectivity index (χ0) is 17.8. The standard InChI is InChI=1S/C19H19N5O2/c25-19(22-9-6-14-4-1-2-8-21-14)18-11-15-10-17(13-24(15)23-18)26-16-5-3-7-20-12-16/h1-5,7-8,11-12,17H,6,9-10,13H2,(H,22,25)/t17-/m0/s1. The molecule has 1 aliphatic rings. The highest BCUT2D eigenvalue weighted by Gasteiger charge is 2.26. The zero-order valence-electron chi connectivity index (χ0n) is 14.2. The lowest BCUT2D eigenvalue weighted by molar-refractivity contribution is 0.0947. The highest BCUT2D eigenvalue weighted by atomic mass is 16.5. The van der Waals surface area contributed by atoms with Crippen molar-refractivity contribution >= 4 is 5.91 Å². The van der Waals surface area contributed by atoms with Crippen LogP contribution in [0, 0.1) is 0 Å². The molecule has 0 spiro atoms. The van der Waals surface area contributed by atoms with Crippen LogP contribution in [-0.4, -0.2) is 38.3 Å². The van der Waals surface area contributed by atoms with Gasteiger partial charge in [-0.1, -0.05) is 6.07 Å². The number of nitrogens with zero attached hydrogens (tertiary/aromatic N) is 4. The molecule has 0 radical (unpaired) electrons. The lowest BCUT2D eigenvalue weighted by Crippen LogP contribution is -2.27. The van der Waals surface area contributed by atoms with Crippen LogP contribution in [0.3, 0.4) is 0 Å². The van der Waals surface area contributed by atoms with Gasteiger partial charge in [0, 0.05) is 43.2 Å².